The number of fused-ring (bicyclic) bond motifs is 2. The van der Waals surface area contributed by atoms with E-state index in [1.807, 2.05) is 38.1 Å². The van der Waals surface area contributed by atoms with Gasteiger partial charge in [0.25, 0.3) is 5.56 Å². The highest BCUT2D eigenvalue weighted by Crippen LogP contribution is 2.26. The van der Waals surface area contributed by atoms with Crippen LogP contribution in [0.4, 0.5) is 0 Å². The molecule has 0 bridgehead atoms. The number of H-pyrrole nitrogens is 1. The van der Waals surface area contributed by atoms with Gasteiger partial charge in [-0.3, -0.25) is 13.9 Å². The Morgan fingerprint density at radius 3 is 2.82 bits per heavy atom. The first-order valence-corrected chi connectivity index (χ1v) is 11.0. The van der Waals surface area contributed by atoms with Gasteiger partial charge in [0, 0.05) is 49.8 Å². The summed E-state index contributed by atoms with van der Waals surface area (Å²) in [5.41, 5.74) is 2.10. The third-order valence-corrected chi connectivity index (χ3v) is 5.91. The van der Waals surface area contributed by atoms with Crippen LogP contribution in [0.1, 0.15) is 19.0 Å². The van der Waals surface area contributed by atoms with E-state index in [1.165, 1.54) is 11.6 Å². The van der Waals surface area contributed by atoms with Crippen molar-refractivity contribution in [2.75, 3.05) is 13.2 Å². The predicted molar refractivity (Wildman–Crippen MR) is 127 cm³/mol. The Hall–Kier alpha value is -3.37. The van der Waals surface area contributed by atoms with E-state index >= 15 is 0 Å². The van der Waals surface area contributed by atoms with Gasteiger partial charge in [-0.1, -0.05) is 6.07 Å². The van der Waals surface area contributed by atoms with Gasteiger partial charge in [0.05, 0.1) is 6.33 Å². The first-order chi connectivity index (χ1) is 15.8. The number of aryl methyl sites for hydroxylation is 3. The molecule has 10 nitrogen and oxygen atoms in total. The van der Waals surface area contributed by atoms with Crippen LogP contribution in [0, 0.1) is 6.92 Å². The Bertz CT molecular complexity index is 1400. The quantitative estimate of drug-likeness (QED) is 0.348. The summed E-state index contributed by atoms with van der Waals surface area (Å²) in [5.74, 6) is 0.743. The average molecular weight is 455 g/mol. The van der Waals surface area contributed by atoms with Crippen LogP contribution in [-0.2, 0) is 20.6 Å². The smallest absolute Gasteiger partial charge is 0.332 e. The Labute approximate surface area is 190 Å². The lowest BCUT2D eigenvalue weighted by molar-refractivity contribution is 0.104. The molecule has 3 aromatic heterocycles. The van der Waals surface area contributed by atoms with Gasteiger partial charge in [-0.25, -0.2) is 9.78 Å². The molecule has 0 aliphatic rings. The van der Waals surface area contributed by atoms with E-state index in [1.54, 1.807) is 17.9 Å². The molecule has 0 amide bonds. The molecule has 0 aliphatic heterocycles. The molecule has 0 fully saturated rings. The second-order valence-corrected chi connectivity index (χ2v) is 8.55. The molecule has 0 unspecified atom stereocenters. The van der Waals surface area contributed by atoms with Crippen molar-refractivity contribution < 1.29 is 9.84 Å². The Kier molecular flexibility index (Phi) is 6.39. The van der Waals surface area contributed by atoms with Crippen molar-refractivity contribution in [2.45, 2.75) is 39.0 Å². The van der Waals surface area contributed by atoms with E-state index in [0.717, 1.165) is 26.9 Å². The van der Waals surface area contributed by atoms with Crippen LogP contribution in [-0.4, -0.2) is 54.1 Å². The minimum absolute atomic E-state index is 0.0873. The normalized spacial score (nSPS) is 13.6. The fourth-order valence-electron chi connectivity index (χ4n) is 3.98. The molecule has 4 aromatic rings. The van der Waals surface area contributed by atoms with Gasteiger partial charge >= 0.3 is 5.69 Å². The summed E-state index contributed by atoms with van der Waals surface area (Å²) in [4.78, 5) is 32.1. The Morgan fingerprint density at radius 1 is 1.24 bits per heavy atom. The lowest BCUT2D eigenvalue weighted by atomic mass is 10.2. The zero-order chi connectivity index (χ0) is 23.7. The van der Waals surface area contributed by atoms with Crippen molar-refractivity contribution in [3.63, 3.8) is 0 Å². The van der Waals surface area contributed by atoms with Crippen molar-refractivity contribution in [1.82, 2.24) is 29.0 Å². The van der Waals surface area contributed by atoms with Gasteiger partial charge in [0.1, 0.15) is 18.5 Å². The van der Waals surface area contributed by atoms with E-state index in [0.29, 0.717) is 30.7 Å². The number of hydrogen-bond acceptors (Lipinski definition) is 6. The Balaban J connectivity index is 1.30. The minimum atomic E-state index is -0.668. The molecule has 0 saturated heterocycles. The summed E-state index contributed by atoms with van der Waals surface area (Å²) in [6.07, 6.45) is 1.63. The molecule has 33 heavy (non-hydrogen) atoms. The van der Waals surface area contributed by atoms with Crippen molar-refractivity contribution >= 4 is 22.1 Å². The van der Waals surface area contributed by atoms with Crippen LogP contribution in [0.3, 0.4) is 0 Å². The van der Waals surface area contributed by atoms with Crippen LogP contribution in [0.25, 0.3) is 22.1 Å². The number of imidazole rings is 1. The van der Waals surface area contributed by atoms with Crippen molar-refractivity contribution in [2.24, 2.45) is 14.1 Å². The van der Waals surface area contributed by atoms with Gasteiger partial charge in [0.15, 0.2) is 11.2 Å². The zero-order valence-corrected chi connectivity index (χ0v) is 19.3. The van der Waals surface area contributed by atoms with E-state index < -0.39 is 11.8 Å². The molecule has 2 atom stereocenters. The maximum absolute atomic E-state index is 12.5. The van der Waals surface area contributed by atoms with Crippen molar-refractivity contribution in [3.8, 4) is 5.75 Å². The summed E-state index contributed by atoms with van der Waals surface area (Å²) in [6.45, 7) is 5.13. The molecule has 176 valence electrons. The van der Waals surface area contributed by atoms with Gasteiger partial charge in [-0.2, -0.15) is 0 Å². The van der Waals surface area contributed by atoms with Gasteiger partial charge in [0.2, 0.25) is 0 Å². The second kappa shape index (κ2) is 9.24. The maximum Gasteiger partial charge on any atom is 0.332 e. The van der Waals surface area contributed by atoms with E-state index in [-0.39, 0.29) is 18.2 Å². The van der Waals surface area contributed by atoms with E-state index in [4.69, 9.17) is 4.74 Å². The first-order valence-electron chi connectivity index (χ1n) is 11.0. The monoisotopic (exact) mass is 454 g/mol. The molecule has 1 aromatic carbocycles. The van der Waals surface area contributed by atoms with Crippen LogP contribution < -0.4 is 21.3 Å². The second-order valence-electron chi connectivity index (χ2n) is 8.55. The van der Waals surface area contributed by atoms with Gasteiger partial charge < -0.3 is 24.7 Å². The first kappa shape index (κ1) is 22.8. The fraction of sp³-hybridized carbons (Fsp3) is 0.435. The van der Waals surface area contributed by atoms with E-state index in [9.17, 15) is 14.7 Å². The number of rotatable bonds is 9. The van der Waals surface area contributed by atoms with Gasteiger partial charge in [-0.15, -0.1) is 0 Å². The molecule has 3 heterocycles. The van der Waals surface area contributed by atoms with Crippen molar-refractivity contribution in [1.29, 1.82) is 0 Å². The third-order valence-electron chi connectivity index (χ3n) is 5.91. The third kappa shape index (κ3) is 4.57. The number of ether oxygens (including phenoxy) is 1. The topological polar surface area (TPSA) is 119 Å². The maximum atomic E-state index is 12.5. The lowest BCUT2D eigenvalue weighted by Crippen LogP contribution is -2.38. The summed E-state index contributed by atoms with van der Waals surface area (Å²) >= 11 is 0. The molecule has 0 aliphatic carbocycles. The lowest BCUT2D eigenvalue weighted by Gasteiger charge is -2.18. The highest BCUT2D eigenvalue weighted by molar-refractivity contribution is 5.86. The number of aromatic nitrogens is 5. The van der Waals surface area contributed by atoms with Crippen LogP contribution in [0.15, 0.2) is 40.2 Å². The average Bonchev–Trinajstić information content (AvgIpc) is 3.40. The summed E-state index contributed by atoms with van der Waals surface area (Å²) in [6, 6.07) is 7.93. The number of benzene rings is 1. The Morgan fingerprint density at radius 2 is 2.03 bits per heavy atom. The van der Waals surface area contributed by atoms with E-state index in [2.05, 4.69) is 15.3 Å². The summed E-state index contributed by atoms with van der Waals surface area (Å²) in [7, 11) is 3.07. The SMILES string of the molecule is Cc1cc2c(OC[C@H](O)CN[C@H](C)CCn3cnc4c3c(=O)n(C)c(=O)n4C)cccc2[nH]1. The molecule has 0 radical (unpaired) electrons. The van der Waals surface area contributed by atoms with Crippen LogP contribution in [0.2, 0.25) is 0 Å². The fourth-order valence-corrected chi connectivity index (χ4v) is 3.98. The highest BCUT2D eigenvalue weighted by Gasteiger charge is 2.15. The van der Waals surface area contributed by atoms with Crippen LogP contribution in [0.5, 0.6) is 5.75 Å². The summed E-state index contributed by atoms with van der Waals surface area (Å²) < 4.78 is 10.1. The predicted octanol–water partition coefficient (Wildman–Crippen LogP) is 1.03. The number of aromatic amines is 1. The highest BCUT2D eigenvalue weighted by atomic mass is 16.5. The molecule has 4 rings (SSSR count). The minimum Gasteiger partial charge on any atom is -0.490 e. The standard InChI is InChI=1S/C23H30N6O4/c1-14(8-9-29-13-25-21-20(29)22(31)28(4)23(32)27(21)3)24-11-16(30)12-33-19-7-5-6-18-17(19)10-15(2)26-18/h5-7,10,13-14,16,24,26,30H,8-9,11-12H2,1-4H3/t14-,16-/m1/s1. The number of nitrogens with zero attached hydrogens (tertiary/aromatic N) is 4. The number of nitrogens with one attached hydrogen (secondary N) is 2. The molecular formula is C23H30N6O4. The molecule has 10 heteroatoms. The largest absolute Gasteiger partial charge is 0.490 e. The molecule has 0 saturated carbocycles. The molecule has 3 N–H and O–H groups in total. The number of hydrogen-bond donors (Lipinski definition) is 3. The number of aliphatic hydroxyl groups excluding tert-OH is 1. The number of aliphatic hydroxyl groups is 1. The summed E-state index contributed by atoms with van der Waals surface area (Å²) in [5, 5.41) is 14.7. The van der Waals surface area contributed by atoms with Crippen molar-refractivity contribution in [3.05, 3.63) is 57.1 Å². The zero-order valence-electron chi connectivity index (χ0n) is 19.3. The molecule has 0 spiro atoms. The van der Waals surface area contributed by atoms with Gasteiger partial charge in [-0.05, 0) is 38.5 Å². The van der Waals surface area contributed by atoms with Crippen LogP contribution >= 0.6 is 0 Å². The molecular weight excluding hydrogens is 424 g/mol.